The molecule has 2 aromatic carbocycles. The van der Waals surface area contributed by atoms with Gasteiger partial charge >= 0.3 is 5.97 Å². The van der Waals surface area contributed by atoms with E-state index in [-0.39, 0.29) is 17.5 Å². The number of benzene rings is 2. The Hall–Kier alpha value is -3.61. The zero-order valence-electron chi connectivity index (χ0n) is 17.4. The number of nitrogens with zero attached hydrogens (tertiary/aromatic N) is 2. The summed E-state index contributed by atoms with van der Waals surface area (Å²) in [5.41, 5.74) is 1.62. The molecule has 1 aliphatic heterocycles. The second-order valence-corrected chi connectivity index (χ2v) is 6.83. The van der Waals surface area contributed by atoms with Crippen molar-refractivity contribution in [3.05, 3.63) is 65.4 Å². The summed E-state index contributed by atoms with van der Waals surface area (Å²) in [6.07, 6.45) is 0.963. The van der Waals surface area contributed by atoms with Crippen LogP contribution in [0.5, 0.6) is 11.5 Å². The van der Waals surface area contributed by atoms with Crippen molar-refractivity contribution in [1.82, 2.24) is 4.90 Å². The van der Waals surface area contributed by atoms with E-state index in [4.69, 9.17) is 14.2 Å². The Balaban J connectivity index is 1.86. The molecular weight excluding hydrogens is 384 g/mol. The molecule has 0 bridgehead atoms. The predicted molar refractivity (Wildman–Crippen MR) is 113 cm³/mol. The maximum Gasteiger partial charge on any atom is 0.363 e. The Bertz CT molecular complexity index is 996. The predicted octanol–water partition coefficient (Wildman–Crippen LogP) is 3.29. The van der Waals surface area contributed by atoms with Gasteiger partial charge in [-0.15, -0.1) is 0 Å². The molecule has 0 aliphatic carbocycles. The molecule has 1 heterocycles. The molecule has 156 valence electrons. The Kier molecular flexibility index (Phi) is 6.51. The molecular formula is C23H24N2O5. The minimum Gasteiger partial charge on any atom is -0.490 e. The van der Waals surface area contributed by atoms with E-state index < -0.39 is 12.1 Å². The van der Waals surface area contributed by atoms with Crippen LogP contribution < -0.4 is 9.47 Å². The molecule has 0 unspecified atom stereocenters. The highest BCUT2D eigenvalue weighted by Gasteiger charge is 2.24. The summed E-state index contributed by atoms with van der Waals surface area (Å²) in [5.74, 6) is 0.526. The fourth-order valence-corrected chi connectivity index (χ4v) is 2.86. The molecule has 0 saturated carbocycles. The number of cyclic esters (lactones) is 1. The molecule has 30 heavy (non-hydrogen) atoms. The third-order valence-electron chi connectivity index (χ3n) is 4.30. The van der Waals surface area contributed by atoms with E-state index in [2.05, 4.69) is 4.99 Å². The van der Waals surface area contributed by atoms with Crippen LogP contribution in [0.4, 0.5) is 0 Å². The van der Waals surface area contributed by atoms with Crippen LogP contribution in [0.3, 0.4) is 0 Å². The molecule has 1 amide bonds. The fourth-order valence-electron chi connectivity index (χ4n) is 2.86. The van der Waals surface area contributed by atoms with Crippen molar-refractivity contribution in [1.29, 1.82) is 0 Å². The number of hydrogen-bond donors (Lipinski definition) is 0. The lowest BCUT2D eigenvalue weighted by atomic mass is 10.1. The molecule has 7 nitrogen and oxygen atoms in total. The van der Waals surface area contributed by atoms with E-state index >= 15 is 0 Å². The number of likely N-dealkylation sites (N-methyl/N-ethyl adjacent to an activating group) is 1. The third kappa shape index (κ3) is 4.86. The van der Waals surface area contributed by atoms with E-state index in [1.165, 1.54) is 4.90 Å². The molecule has 0 fully saturated rings. The van der Waals surface area contributed by atoms with Crippen molar-refractivity contribution in [2.75, 3.05) is 20.7 Å². The van der Waals surface area contributed by atoms with E-state index in [0.717, 1.165) is 5.56 Å². The Morgan fingerprint density at radius 3 is 2.57 bits per heavy atom. The second kappa shape index (κ2) is 9.26. The third-order valence-corrected chi connectivity index (χ3v) is 4.30. The van der Waals surface area contributed by atoms with Crippen LogP contribution in [0.2, 0.25) is 0 Å². The summed E-state index contributed by atoms with van der Waals surface area (Å²) in [4.78, 5) is 30.1. The van der Waals surface area contributed by atoms with Crippen LogP contribution in [0, 0.1) is 0 Å². The van der Waals surface area contributed by atoms with Gasteiger partial charge in [0.15, 0.2) is 23.3 Å². The quantitative estimate of drug-likeness (QED) is 0.519. The van der Waals surface area contributed by atoms with Gasteiger partial charge in [0.2, 0.25) is 5.90 Å². The largest absolute Gasteiger partial charge is 0.490 e. The number of carbonyl (C=O) groups is 2. The maximum atomic E-state index is 12.2. The average Bonchev–Trinajstić information content (AvgIpc) is 3.10. The lowest BCUT2D eigenvalue weighted by molar-refractivity contribution is -0.135. The summed E-state index contributed by atoms with van der Waals surface area (Å²) in [6.45, 7) is 3.96. The SMILES string of the molecule is CCOc1cc(/C=C2\N=C(c3ccccc3)OC2=O)ccc1O[C@@H](C)C(=O)N(C)C. The first-order valence-electron chi connectivity index (χ1n) is 9.61. The smallest absolute Gasteiger partial charge is 0.363 e. The summed E-state index contributed by atoms with van der Waals surface area (Å²) in [7, 11) is 3.34. The fraction of sp³-hybridized carbons (Fsp3) is 0.261. The van der Waals surface area contributed by atoms with Gasteiger partial charge in [-0.1, -0.05) is 24.3 Å². The van der Waals surface area contributed by atoms with E-state index in [9.17, 15) is 9.59 Å². The number of esters is 1. The first kappa shape index (κ1) is 21.1. The van der Waals surface area contributed by atoms with Crippen molar-refractivity contribution >= 4 is 23.9 Å². The molecule has 1 aliphatic rings. The number of aliphatic imine (C=N–C) groups is 1. The van der Waals surface area contributed by atoms with Crippen LogP contribution >= 0.6 is 0 Å². The van der Waals surface area contributed by atoms with Gasteiger partial charge in [0, 0.05) is 19.7 Å². The van der Waals surface area contributed by atoms with Crippen LogP contribution in [0.25, 0.3) is 6.08 Å². The van der Waals surface area contributed by atoms with E-state index in [1.54, 1.807) is 45.3 Å². The first-order chi connectivity index (χ1) is 14.4. The van der Waals surface area contributed by atoms with Crippen LogP contribution in [0.15, 0.2) is 59.2 Å². The number of hydrogen-bond acceptors (Lipinski definition) is 6. The summed E-state index contributed by atoms with van der Waals surface area (Å²) in [5, 5.41) is 0. The molecule has 0 spiro atoms. The molecule has 3 rings (SSSR count). The van der Waals surface area contributed by atoms with Crippen LogP contribution in [-0.2, 0) is 14.3 Å². The topological polar surface area (TPSA) is 77.4 Å². The van der Waals surface area contributed by atoms with Gasteiger partial charge in [-0.05, 0) is 49.8 Å². The lowest BCUT2D eigenvalue weighted by Gasteiger charge is -2.20. The van der Waals surface area contributed by atoms with Gasteiger partial charge in [0.05, 0.1) is 6.61 Å². The van der Waals surface area contributed by atoms with Gasteiger partial charge in [-0.2, -0.15) is 0 Å². The Labute approximate surface area is 175 Å². The minimum absolute atomic E-state index is 0.153. The van der Waals surface area contributed by atoms with Gasteiger partial charge in [0.25, 0.3) is 5.91 Å². The molecule has 7 heteroatoms. The highest BCUT2D eigenvalue weighted by atomic mass is 16.6. The van der Waals surface area contributed by atoms with Crippen LogP contribution in [0.1, 0.15) is 25.0 Å². The Morgan fingerprint density at radius 2 is 1.90 bits per heavy atom. The molecule has 0 radical (unpaired) electrons. The molecule has 0 saturated heterocycles. The van der Waals surface area contributed by atoms with Gasteiger partial charge < -0.3 is 19.1 Å². The summed E-state index contributed by atoms with van der Waals surface area (Å²) >= 11 is 0. The standard InChI is InChI=1S/C23H24N2O5/c1-5-28-20-14-16(11-12-19(20)29-15(2)22(26)25(3)4)13-18-23(27)30-21(24-18)17-9-7-6-8-10-17/h6-15H,5H2,1-4H3/b18-13-/t15-/m0/s1. The van der Waals surface area contributed by atoms with Crippen molar-refractivity contribution in [2.24, 2.45) is 4.99 Å². The van der Waals surface area contributed by atoms with Crippen molar-refractivity contribution in [2.45, 2.75) is 20.0 Å². The molecule has 0 aromatic heterocycles. The van der Waals surface area contributed by atoms with Crippen LogP contribution in [-0.4, -0.2) is 49.5 Å². The van der Waals surface area contributed by atoms with E-state index in [0.29, 0.717) is 23.7 Å². The monoisotopic (exact) mass is 408 g/mol. The second-order valence-electron chi connectivity index (χ2n) is 6.83. The summed E-state index contributed by atoms with van der Waals surface area (Å²) in [6, 6.07) is 14.4. The number of ether oxygens (including phenoxy) is 3. The zero-order valence-corrected chi connectivity index (χ0v) is 17.4. The first-order valence-corrected chi connectivity index (χ1v) is 9.61. The van der Waals surface area contributed by atoms with Crippen molar-refractivity contribution < 1.29 is 23.8 Å². The molecule has 1 atom stereocenters. The zero-order chi connectivity index (χ0) is 21.7. The lowest BCUT2D eigenvalue weighted by Crippen LogP contribution is -2.35. The normalized spacial score (nSPS) is 15.4. The number of carbonyl (C=O) groups excluding carboxylic acids is 2. The molecule has 2 aromatic rings. The highest BCUT2D eigenvalue weighted by molar-refractivity contribution is 6.12. The maximum absolute atomic E-state index is 12.2. The van der Waals surface area contributed by atoms with Crippen molar-refractivity contribution in [3.8, 4) is 11.5 Å². The minimum atomic E-state index is -0.661. The van der Waals surface area contributed by atoms with Crippen molar-refractivity contribution in [3.63, 3.8) is 0 Å². The Morgan fingerprint density at radius 1 is 1.17 bits per heavy atom. The summed E-state index contributed by atoms with van der Waals surface area (Å²) < 4.78 is 16.7. The average molecular weight is 408 g/mol. The van der Waals surface area contributed by atoms with Gasteiger partial charge in [0.1, 0.15) is 0 Å². The highest BCUT2D eigenvalue weighted by Crippen LogP contribution is 2.31. The van der Waals surface area contributed by atoms with Gasteiger partial charge in [-0.3, -0.25) is 4.79 Å². The van der Waals surface area contributed by atoms with Gasteiger partial charge in [-0.25, -0.2) is 9.79 Å². The van der Waals surface area contributed by atoms with E-state index in [1.807, 2.05) is 37.3 Å². The number of amides is 1. The number of rotatable bonds is 7. The molecule has 0 N–H and O–H groups in total.